The van der Waals surface area contributed by atoms with Crippen molar-refractivity contribution in [1.29, 1.82) is 0 Å². The lowest BCUT2D eigenvalue weighted by molar-refractivity contribution is -0.870. The van der Waals surface area contributed by atoms with Crippen LogP contribution in [0.2, 0.25) is 0 Å². The highest BCUT2D eigenvalue weighted by atomic mass is 16.7. The second-order valence-electron chi connectivity index (χ2n) is 23.3. The molecule has 0 aliphatic carbocycles. The molecule has 2 atom stereocenters. The first-order valence-electron chi connectivity index (χ1n) is 34.6. The summed E-state index contributed by atoms with van der Waals surface area (Å²) in [6.07, 6.45) is 102. The highest BCUT2D eigenvalue weighted by molar-refractivity contribution is 5.70. The van der Waals surface area contributed by atoms with E-state index in [0.29, 0.717) is 23.9 Å². The van der Waals surface area contributed by atoms with Crippen LogP contribution in [0.15, 0.2) is 194 Å². The van der Waals surface area contributed by atoms with Crippen LogP contribution in [-0.4, -0.2) is 82.3 Å². The van der Waals surface area contributed by atoms with Gasteiger partial charge in [0.25, 0.3) is 0 Å². The third-order valence-corrected chi connectivity index (χ3v) is 13.8. The summed E-state index contributed by atoms with van der Waals surface area (Å²) in [6, 6.07) is 0. The van der Waals surface area contributed by atoms with Gasteiger partial charge in [0.2, 0.25) is 0 Å². The van der Waals surface area contributed by atoms with E-state index in [4.69, 9.17) is 18.9 Å². The molecule has 0 spiro atoms. The van der Waals surface area contributed by atoms with E-state index >= 15 is 0 Å². The van der Waals surface area contributed by atoms with Crippen molar-refractivity contribution in [2.75, 3.05) is 47.5 Å². The van der Waals surface area contributed by atoms with Crippen molar-refractivity contribution in [3.8, 4) is 0 Å². The van der Waals surface area contributed by atoms with Gasteiger partial charge in [-0.3, -0.25) is 9.59 Å². The first kappa shape index (κ1) is 83.1. The zero-order valence-electron chi connectivity index (χ0n) is 56.7. The molecule has 0 saturated heterocycles. The first-order chi connectivity index (χ1) is 43.6. The minimum Gasteiger partial charge on any atom is -0.545 e. The molecule has 9 nitrogen and oxygen atoms in total. The van der Waals surface area contributed by atoms with Gasteiger partial charge in [-0.2, -0.15) is 0 Å². The number of quaternary nitrogens is 1. The Morgan fingerprint density at radius 1 is 0.337 bits per heavy atom. The topological polar surface area (TPSA) is 111 Å². The summed E-state index contributed by atoms with van der Waals surface area (Å²) in [5.74, 6) is -2.35. The van der Waals surface area contributed by atoms with Gasteiger partial charge in [0.05, 0.1) is 40.3 Å². The van der Waals surface area contributed by atoms with Gasteiger partial charge in [-0.05, 0) is 141 Å². The van der Waals surface area contributed by atoms with Gasteiger partial charge in [0.1, 0.15) is 13.2 Å². The van der Waals surface area contributed by atoms with Crippen LogP contribution in [0.1, 0.15) is 232 Å². The molecule has 9 heteroatoms. The number of aliphatic carboxylic acids is 1. The van der Waals surface area contributed by atoms with E-state index in [-0.39, 0.29) is 32.7 Å². The van der Waals surface area contributed by atoms with E-state index in [0.717, 1.165) is 154 Å². The lowest BCUT2D eigenvalue weighted by Crippen LogP contribution is -2.44. The molecule has 0 amide bonds. The summed E-state index contributed by atoms with van der Waals surface area (Å²) in [7, 11) is 5.90. The first-order valence-corrected chi connectivity index (χ1v) is 34.6. The predicted octanol–water partition coefficient (Wildman–Crippen LogP) is 20.5. The minimum atomic E-state index is -1.64. The van der Waals surface area contributed by atoms with Gasteiger partial charge in [-0.1, -0.05) is 272 Å². The number of carboxylic acid groups (broad SMARTS) is 1. The average molecular weight is 1230 g/mol. The molecule has 0 N–H and O–H groups in total. The Kier molecular flexibility index (Phi) is 63.6. The Hall–Kier alpha value is -5.87. The molecule has 0 aromatic rings. The van der Waals surface area contributed by atoms with Crippen molar-refractivity contribution in [3.05, 3.63) is 194 Å². The van der Waals surface area contributed by atoms with Crippen LogP contribution in [0.4, 0.5) is 0 Å². The summed E-state index contributed by atoms with van der Waals surface area (Å²) in [4.78, 5) is 37.5. The molecule has 0 fully saturated rings. The second kappa shape index (κ2) is 68.0. The predicted molar refractivity (Wildman–Crippen MR) is 379 cm³/mol. The standard InChI is InChI=1S/C80H125NO8/c1-6-8-10-12-14-16-18-20-22-24-26-28-30-32-34-36-37-38-39-40-41-43-45-47-49-51-53-55-57-59-61-63-65-67-69-71-78(83)89-76(75-88-80(79(84)85)86-73-72-81(3,4)5)74-87-77(82)70-68-66-64-62-60-58-56-54-52-50-48-46-44-42-35-33-31-29-27-25-23-21-19-17-15-13-11-9-7-2/h8-11,14-17,20-23,26-29,32-35,37-38,40-41,44-47,50,52,56,58,76,80H,6-7,12-13,18-19,24-25,30-31,36,39,42-43,48-49,51,53-55,57,59-75H2,1-5H3/b10-8-,11-9-,16-14-,17-15-,22-20-,23-21-,28-26-,29-27-,34-32-,35-33-,38-37-,41-40-,46-44-,47-45-,52-50-,58-56-. The molecule has 2 unspecified atom stereocenters. The molecule has 0 aliphatic heterocycles. The zero-order valence-corrected chi connectivity index (χ0v) is 56.7. The van der Waals surface area contributed by atoms with Crippen LogP contribution in [0.5, 0.6) is 0 Å². The fraction of sp³-hybridized carbons (Fsp3) is 0.562. The van der Waals surface area contributed by atoms with Crippen molar-refractivity contribution in [1.82, 2.24) is 0 Å². The maximum absolute atomic E-state index is 12.9. The van der Waals surface area contributed by atoms with E-state index in [1.165, 1.54) is 38.5 Å². The molecule has 0 aromatic heterocycles. The Balaban J connectivity index is 4.27. The van der Waals surface area contributed by atoms with E-state index in [9.17, 15) is 19.5 Å². The van der Waals surface area contributed by atoms with Crippen LogP contribution < -0.4 is 5.11 Å². The zero-order chi connectivity index (χ0) is 64.7. The van der Waals surface area contributed by atoms with Crippen LogP contribution in [0.25, 0.3) is 0 Å². The molecule has 0 radical (unpaired) electrons. The summed E-state index contributed by atoms with van der Waals surface area (Å²) in [6.45, 7) is 4.46. The highest BCUT2D eigenvalue weighted by Crippen LogP contribution is 2.15. The fourth-order valence-corrected chi connectivity index (χ4v) is 8.63. The lowest BCUT2D eigenvalue weighted by atomic mass is 10.0. The number of ether oxygens (including phenoxy) is 4. The number of nitrogens with zero attached hydrogens (tertiary/aromatic N) is 1. The van der Waals surface area contributed by atoms with Gasteiger partial charge >= 0.3 is 11.9 Å². The van der Waals surface area contributed by atoms with Gasteiger partial charge in [-0.15, -0.1) is 0 Å². The number of carbonyl (C=O) groups is 3. The van der Waals surface area contributed by atoms with Crippen molar-refractivity contribution < 1.29 is 42.9 Å². The maximum atomic E-state index is 12.9. The molecule has 89 heavy (non-hydrogen) atoms. The molecule has 0 saturated carbocycles. The average Bonchev–Trinajstić information content (AvgIpc) is 3.64. The highest BCUT2D eigenvalue weighted by Gasteiger charge is 2.22. The van der Waals surface area contributed by atoms with E-state index in [2.05, 4.69) is 208 Å². The molecule has 498 valence electrons. The summed E-state index contributed by atoms with van der Waals surface area (Å²) >= 11 is 0. The SMILES string of the molecule is CC/C=C\C/C=C\C/C=C\C/C=C\C/C=C\C/C=C\C/C=C\C/C=C\CCCCCCCCCCCCC(=O)OC(COC(=O)CCCCCC/C=C\C/C=C\C/C=C\C/C=C\C/C=C\C/C=C\C/C=C\C/C=C\CC)COC(OCC[N+](C)(C)C)C(=O)[O-]. The summed E-state index contributed by atoms with van der Waals surface area (Å²) in [5.41, 5.74) is 0. The monoisotopic (exact) mass is 1230 g/mol. The number of hydrogen-bond donors (Lipinski definition) is 0. The summed E-state index contributed by atoms with van der Waals surface area (Å²) in [5, 5.41) is 11.8. The third kappa shape index (κ3) is 69.5. The number of unbranched alkanes of at least 4 members (excludes halogenated alkanes) is 14. The molecular formula is C80H125NO8. The molecule has 0 aromatic carbocycles. The molecule has 0 aliphatic rings. The van der Waals surface area contributed by atoms with Crippen LogP contribution in [0, 0.1) is 0 Å². The molecular weight excluding hydrogens is 1100 g/mol. The minimum absolute atomic E-state index is 0.131. The van der Waals surface area contributed by atoms with Gasteiger partial charge in [-0.25, -0.2) is 0 Å². The number of allylic oxidation sites excluding steroid dienone is 32. The maximum Gasteiger partial charge on any atom is 0.306 e. The molecule has 0 bridgehead atoms. The normalized spacial score (nSPS) is 13.9. The number of carbonyl (C=O) groups excluding carboxylic acids is 3. The number of rotatable bonds is 61. The van der Waals surface area contributed by atoms with Crippen LogP contribution >= 0.6 is 0 Å². The lowest BCUT2D eigenvalue weighted by Gasteiger charge is -2.26. The van der Waals surface area contributed by atoms with E-state index < -0.39 is 30.3 Å². The van der Waals surface area contributed by atoms with Gasteiger partial charge < -0.3 is 33.3 Å². The van der Waals surface area contributed by atoms with Crippen molar-refractivity contribution in [2.24, 2.45) is 0 Å². The fourth-order valence-electron chi connectivity index (χ4n) is 8.63. The third-order valence-electron chi connectivity index (χ3n) is 13.8. The Bertz CT molecular complexity index is 2160. The van der Waals surface area contributed by atoms with Crippen LogP contribution in [-0.2, 0) is 33.3 Å². The second-order valence-corrected chi connectivity index (χ2v) is 23.3. The Morgan fingerprint density at radius 3 is 0.899 bits per heavy atom. The number of likely N-dealkylation sites (N-methyl/N-ethyl adjacent to an activating group) is 1. The largest absolute Gasteiger partial charge is 0.545 e. The van der Waals surface area contributed by atoms with Crippen molar-refractivity contribution in [2.45, 2.75) is 245 Å². The number of hydrogen-bond acceptors (Lipinski definition) is 8. The number of carboxylic acids is 1. The Labute approximate surface area is 544 Å². The quantitative estimate of drug-likeness (QED) is 0.0195. The van der Waals surface area contributed by atoms with Gasteiger partial charge in [0.15, 0.2) is 12.4 Å². The van der Waals surface area contributed by atoms with Crippen molar-refractivity contribution >= 4 is 17.9 Å². The summed E-state index contributed by atoms with van der Waals surface area (Å²) < 4.78 is 22.7. The smallest absolute Gasteiger partial charge is 0.306 e. The number of esters is 2. The Morgan fingerprint density at radius 2 is 0.607 bits per heavy atom. The van der Waals surface area contributed by atoms with E-state index in [1.54, 1.807) is 0 Å². The van der Waals surface area contributed by atoms with Crippen molar-refractivity contribution in [3.63, 3.8) is 0 Å². The van der Waals surface area contributed by atoms with Gasteiger partial charge in [0, 0.05) is 12.8 Å². The molecule has 0 rings (SSSR count). The van der Waals surface area contributed by atoms with Crippen LogP contribution in [0.3, 0.4) is 0 Å². The molecule has 0 heterocycles. The van der Waals surface area contributed by atoms with E-state index in [1.807, 2.05) is 21.1 Å².